The summed E-state index contributed by atoms with van der Waals surface area (Å²) in [6.07, 6.45) is 4.69. The smallest absolute Gasteiger partial charge is 0.307 e. The third-order valence-corrected chi connectivity index (χ3v) is 5.36. The lowest BCUT2D eigenvalue weighted by Crippen LogP contribution is -2.47. The summed E-state index contributed by atoms with van der Waals surface area (Å²) in [7, 11) is 0. The number of rotatable bonds is 7. The molecule has 0 saturated carbocycles. The molecule has 2 atom stereocenters. The summed E-state index contributed by atoms with van der Waals surface area (Å²) >= 11 is 0. The topological polar surface area (TPSA) is 82.5 Å². The zero-order chi connectivity index (χ0) is 19.9. The molecular weight excluding hydrogens is 354 g/mol. The number of carboxylic acid groups (broad SMARTS) is 1. The molecule has 148 valence electrons. The van der Waals surface area contributed by atoms with Gasteiger partial charge in [-0.1, -0.05) is 31.2 Å². The van der Waals surface area contributed by atoms with Crippen LogP contribution in [0.3, 0.4) is 0 Å². The molecule has 6 heteroatoms. The Balaban J connectivity index is 1.67. The fraction of sp³-hybridized carbons (Fsp3) is 0.409. The number of hydrogen-bond acceptors (Lipinski definition) is 4. The van der Waals surface area contributed by atoms with Crippen molar-refractivity contribution in [2.75, 3.05) is 13.1 Å². The predicted octanol–water partition coefficient (Wildman–Crippen LogP) is 2.48. The maximum absolute atomic E-state index is 12.7. The molecule has 0 spiro atoms. The maximum atomic E-state index is 12.7. The van der Waals surface area contributed by atoms with Gasteiger partial charge in [-0.25, -0.2) is 0 Å². The SMILES string of the molecule is CCc1ccccc1CN1C[C@@H](C(=O)O)C[C@H](C(=O)NCc2ccncc2)C1. The first-order valence-electron chi connectivity index (χ1n) is 9.75. The number of aromatic nitrogens is 1. The van der Waals surface area contributed by atoms with E-state index in [4.69, 9.17) is 0 Å². The Morgan fingerprint density at radius 2 is 1.79 bits per heavy atom. The summed E-state index contributed by atoms with van der Waals surface area (Å²) < 4.78 is 0. The number of nitrogens with one attached hydrogen (secondary N) is 1. The molecule has 0 unspecified atom stereocenters. The Morgan fingerprint density at radius 1 is 1.11 bits per heavy atom. The van der Waals surface area contributed by atoms with Gasteiger partial charge in [-0.15, -0.1) is 0 Å². The van der Waals surface area contributed by atoms with Crippen LogP contribution < -0.4 is 5.32 Å². The number of likely N-dealkylation sites (tertiary alicyclic amines) is 1. The highest BCUT2D eigenvalue weighted by atomic mass is 16.4. The van der Waals surface area contributed by atoms with E-state index in [2.05, 4.69) is 34.3 Å². The number of aliphatic carboxylic acids is 1. The summed E-state index contributed by atoms with van der Waals surface area (Å²) in [4.78, 5) is 30.4. The third kappa shape index (κ3) is 5.16. The molecule has 1 aromatic heterocycles. The van der Waals surface area contributed by atoms with E-state index >= 15 is 0 Å². The van der Waals surface area contributed by atoms with Gasteiger partial charge in [0.25, 0.3) is 0 Å². The average Bonchev–Trinajstić information content (AvgIpc) is 2.73. The second kappa shape index (κ2) is 9.46. The van der Waals surface area contributed by atoms with Crippen molar-refractivity contribution in [1.82, 2.24) is 15.2 Å². The molecule has 1 aliphatic heterocycles. The van der Waals surface area contributed by atoms with E-state index in [-0.39, 0.29) is 11.8 Å². The number of amides is 1. The number of benzene rings is 1. The number of hydrogen-bond donors (Lipinski definition) is 2. The Labute approximate surface area is 165 Å². The zero-order valence-electron chi connectivity index (χ0n) is 16.2. The van der Waals surface area contributed by atoms with Gasteiger partial charge in [-0.05, 0) is 41.7 Å². The van der Waals surface area contributed by atoms with Gasteiger partial charge < -0.3 is 10.4 Å². The highest BCUT2D eigenvalue weighted by molar-refractivity contribution is 5.80. The molecule has 1 saturated heterocycles. The van der Waals surface area contributed by atoms with E-state index in [0.29, 0.717) is 32.6 Å². The fourth-order valence-electron chi connectivity index (χ4n) is 3.82. The van der Waals surface area contributed by atoms with Crippen LogP contribution in [0.2, 0.25) is 0 Å². The van der Waals surface area contributed by atoms with Crippen LogP contribution in [-0.4, -0.2) is 40.0 Å². The first kappa shape index (κ1) is 20.0. The molecule has 0 aliphatic carbocycles. The molecule has 0 radical (unpaired) electrons. The quantitative estimate of drug-likeness (QED) is 0.770. The molecule has 1 fully saturated rings. The molecule has 2 aromatic rings. The monoisotopic (exact) mass is 381 g/mol. The van der Waals surface area contributed by atoms with Crippen molar-refractivity contribution >= 4 is 11.9 Å². The molecular formula is C22H27N3O3. The van der Waals surface area contributed by atoms with Crippen LogP contribution in [0.15, 0.2) is 48.8 Å². The summed E-state index contributed by atoms with van der Waals surface area (Å²) in [5, 5.41) is 12.5. The number of nitrogens with zero attached hydrogens (tertiary/aromatic N) is 2. The van der Waals surface area contributed by atoms with Gasteiger partial charge >= 0.3 is 5.97 Å². The Kier molecular flexibility index (Phi) is 6.76. The lowest BCUT2D eigenvalue weighted by Gasteiger charge is -2.35. The number of aryl methyl sites for hydroxylation is 1. The largest absolute Gasteiger partial charge is 0.481 e. The van der Waals surface area contributed by atoms with Crippen LogP contribution in [0.1, 0.15) is 30.0 Å². The van der Waals surface area contributed by atoms with Gasteiger partial charge in [-0.2, -0.15) is 0 Å². The first-order chi connectivity index (χ1) is 13.6. The Morgan fingerprint density at radius 3 is 2.46 bits per heavy atom. The molecule has 1 aliphatic rings. The van der Waals surface area contributed by atoms with Crippen molar-refractivity contribution < 1.29 is 14.7 Å². The van der Waals surface area contributed by atoms with Crippen molar-refractivity contribution in [3.05, 3.63) is 65.5 Å². The molecule has 2 N–H and O–H groups in total. The minimum Gasteiger partial charge on any atom is -0.481 e. The standard InChI is InChI=1S/C22H27N3O3/c1-2-17-5-3-4-6-18(17)13-25-14-19(11-20(15-25)22(27)28)21(26)24-12-16-7-9-23-10-8-16/h3-10,19-20H,2,11-15H2,1H3,(H,24,26)(H,27,28)/t19-,20-/m0/s1. The van der Waals surface area contributed by atoms with Crippen LogP contribution in [0.4, 0.5) is 0 Å². The summed E-state index contributed by atoms with van der Waals surface area (Å²) in [5.41, 5.74) is 3.44. The molecule has 28 heavy (non-hydrogen) atoms. The van der Waals surface area contributed by atoms with Crippen LogP contribution in [0, 0.1) is 11.8 Å². The summed E-state index contributed by atoms with van der Waals surface area (Å²) in [6, 6.07) is 11.9. The number of pyridine rings is 1. The molecule has 1 aromatic carbocycles. The lowest BCUT2D eigenvalue weighted by molar-refractivity contribution is -0.145. The van der Waals surface area contributed by atoms with E-state index in [1.54, 1.807) is 12.4 Å². The summed E-state index contributed by atoms with van der Waals surface area (Å²) in [5.74, 6) is -1.78. The highest BCUT2D eigenvalue weighted by Crippen LogP contribution is 2.25. The molecule has 3 rings (SSSR count). The summed E-state index contributed by atoms with van der Waals surface area (Å²) in [6.45, 7) is 4.26. The van der Waals surface area contributed by atoms with Crippen molar-refractivity contribution in [2.24, 2.45) is 11.8 Å². The van der Waals surface area contributed by atoms with Gasteiger partial charge in [0.05, 0.1) is 11.8 Å². The number of piperidine rings is 1. The number of carbonyl (C=O) groups excluding carboxylic acids is 1. The van der Waals surface area contributed by atoms with E-state index in [1.807, 2.05) is 24.3 Å². The molecule has 1 amide bonds. The van der Waals surface area contributed by atoms with E-state index in [9.17, 15) is 14.7 Å². The Hall–Kier alpha value is -2.73. The van der Waals surface area contributed by atoms with Gasteiger partial charge in [0.2, 0.25) is 5.91 Å². The highest BCUT2D eigenvalue weighted by Gasteiger charge is 2.35. The maximum Gasteiger partial charge on any atom is 0.307 e. The van der Waals surface area contributed by atoms with Gasteiger partial charge in [0, 0.05) is 38.6 Å². The number of carbonyl (C=O) groups is 2. The molecule has 6 nitrogen and oxygen atoms in total. The van der Waals surface area contributed by atoms with E-state index in [1.165, 1.54) is 11.1 Å². The van der Waals surface area contributed by atoms with Crippen molar-refractivity contribution in [2.45, 2.75) is 32.9 Å². The van der Waals surface area contributed by atoms with Crippen molar-refractivity contribution in [3.63, 3.8) is 0 Å². The average molecular weight is 381 g/mol. The lowest BCUT2D eigenvalue weighted by atomic mass is 9.88. The second-order valence-electron chi connectivity index (χ2n) is 7.36. The van der Waals surface area contributed by atoms with Gasteiger partial charge in [0.15, 0.2) is 0 Å². The minimum atomic E-state index is -0.833. The molecule has 0 bridgehead atoms. The Bertz CT molecular complexity index is 810. The van der Waals surface area contributed by atoms with Gasteiger partial charge in [0.1, 0.15) is 0 Å². The number of carboxylic acids is 1. The molecule has 2 heterocycles. The third-order valence-electron chi connectivity index (χ3n) is 5.36. The van der Waals surface area contributed by atoms with Crippen LogP contribution >= 0.6 is 0 Å². The van der Waals surface area contributed by atoms with Crippen molar-refractivity contribution in [1.29, 1.82) is 0 Å². The van der Waals surface area contributed by atoms with E-state index in [0.717, 1.165) is 12.0 Å². The predicted molar refractivity (Wildman–Crippen MR) is 106 cm³/mol. The van der Waals surface area contributed by atoms with Crippen molar-refractivity contribution in [3.8, 4) is 0 Å². The normalized spacial score (nSPS) is 19.9. The van der Waals surface area contributed by atoms with Crippen LogP contribution in [0.5, 0.6) is 0 Å². The van der Waals surface area contributed by atoms with Crippen LogP contribution in [0.25, 0.3) is 0 Å². The fourth-order valence-corrected chi connectivity index (χ4v) is 3.82. The zero-order valence-corrected chi connectivity index (χ0v) is 16.2. The first-order valence-corrected chi connectivity index (χ1v) is 9.75. The minimum absolute atomic E-state index is 0.0865. The van der Waals surface area contributed by atoms with Crippen LogP contribution in [-0.2, 0) is 29.1 Å². The van der Waals surface area contributed by atoms with E-state index < -0.39 is 11.9 Å². The second-order valence-corrected chi connectivity index (χ2v) is 7.36. The van der Waals surface area contributed by atoms with Gasteiger partial charge in [-0.3, -0.25) is 19.5 Å².